The van der Waals surface area contributed by atoms with Crippen LogP contribution in [-0.4, -0.2) is 32.7 Å². The zero-order valence-electron chi connectivity index (χ0n) is 19.3. The molecule has 12 heteroatoms. The minimum atomic E-state index is -4.05. The summed E-state index contributed by atoms with van der Waals surface area (Å²) in [6.07, 6.45) is 0.303. The number of methoxy groups -OCH3 is 1. The first-order valence-corrected chi connectivity index (χ1v) is 13.0. The van der Waals surface area contributed by atoms with E-state index < -0.39 is 20.5 Å². The van der Waals surface area contributed by atoms with Crippen LogP contribution in [0.1, 0.15) is 23.1 Å². The van der Waals surface area contributed by atoms with Crippen LogP contribution in [0.15, 0.2) is 70.7 Å². The van der Waals surface area contributed by atoms with Gasteiger partial charge in [0.25, 0.3) is 5.69 Å². The molecule has 1 aliphatic rings. The summed E-state index contributed by atoms with van der Waals surface area (Å²) in [5.74, 6) is 0.676. The maximum atomic E-state index is 13.0. The molecule has 9 nitrogen and oxygen atoms in total. The van der Waals surface area contributed by atoms with Crippen molar-refractivity contribution in [2.24, 2.45) is 5.10 Å². The smallest absolute Gasteiger partial charge is 0.270 e. The van der Waals surface area contributed by atoms with E-state index in [-0.39, 0.29) is 17.1 Å². The van der Waals surface area contributed by atoms with Crippen molar-refractivity contribution in [3.63, 3.8) is 0 Å². The van der Waals surface area contributed by atoms with E-state index in [0.717, 1.165) is 17.2 Å². The quantitative estimate of drug-likeness (QED) is 0.308. The van der Waals surface area contributed by atoms with E-state index in [1.807, 2.05) is 24.3 Å². The van der Waals surface area contributed by atoms with Crippen molar-refractivity contribution >= 4 is 44.6 Å². The second-order valence-corrected chi connectivity index (χ2v) is 10.8. The number of nitro benzene ring substituents is 1. The monoisotopic (exact) mass is 548 g/mol. The van der Waals surface area contributed by atoms with Crippen LogP contribution in [0.3, 0.4) is 0 Å². The lowest BCUT2D eigenvalue weighted by molar-refractivity contribution is -0.385. The van der Waals surface area contributed by atoms with Crippen molar-refractivity contribution in [3.05, 3.63) is 97.5 Å². The van der Waals surface area contributed by atoms with Gasteiger partial charge in [-0.15, -0.1) is 0 Å². The molecule has 0 amide bonds. The van der Waals surface area contributed by atoms with E-state index in [1.54, 1.807) is 32.2 Å². The minimum Gasteiger partial charge on any atom is -0.497 e. The number of non-ortho nitro benzene ring substituents is 1. The highest BCUT2D eigenvalue weighted by molar-refractivity contribution is 7.89. The van der Waals surface area contributed by atoms with E-state index in [2.05, 4.69) is 15.2 Å². The van der Waals surface area contributed by atoms with Crippen molar-refractivity contribution in [2.45, 2.75) is 23.8 Å². The predicted octanol–water partition coefficient (Wildman–Crippen LogP) is 4.79. The van der Waals surface area contributed by atoms with Crippen molar-refractivity contribution in [3.8, 4) is 5.75 Å². The molecule has 4 rings (SSSR count). The molecule has 0 bridgehead atoms. The summed E-state index contributed by atoms with van der Waals surface area (Å²) in [6, 6.07) is 16.3. The second kappa shape index (κ2) is 10.1. The third kappa shape index (κ3) is 5.03. The molecule has 0 fully saturated rings. The molecule has 0 aliphatic carbocycles. The lowest BCUT2D eigenvalue weighted by Crippen LogP contribution is -2.38. The summed E-state index contributed by atoms with van der Waals surface area (Å²) in [4.78, 5) is 10.3. The molecule has 0 saturated heterocycles. The number of hydrazone groups is 1. The van der Waals surface area contributed by atoms with Gasteiger partial charge in [0, 0.05) is 34.2 Å². The van der Waals surface area contributed by atoms with Crippen molar-refractivity contribution in [1.29, 1.82) is 0 Å². The minimum absolute atomic E-state index is 0.111. The Hall–Kier alpha value is -3.18. The average molecular weight is 549 g/mol. The van der Waals surface area contributed by atoms with Crippen LogP contribution in [0.4, 0.5) is 5.69 Å². The third-order valence-corrected chi connectivity index (χ3v) is 8.08. The van der Waals surface area contributed by atoms with Crippen LogP contribution >= 0.6 is 23.2 Å². The Labute approximate surface area is 218 Å². The van der Waals surface area contributed by atoms with E-state index in [1.165, 1.54) is 12.1 Å². The fraction of sp³-hybridized carbons (Fsp3) is 0.208. The number of halogens is 2. The first-order valence-electron chi connectivity index (χ1n) is 10.7. The highest BCUT2D eigenvalue weighted by Crippen LogP contribution is 2.41. The number of nitrogens with one attached hydrogen (secondary N) is 2. The van der Waals surface area contributed by atoms with Gasteiger partial charge in [-0.25, -0.2) is 13.1 Å². The number of rotatable bonds is 8. The number of ether oxygens (including phenoxy) is 1. The Kier molecular flexibility index (Phi) is 7.24. The average Bonchev–Trinajstić information content (AvgIpc) is 3.28. The summed E-state index contributed by atoms with van der Waals surface area (Å²) >= 11 is 12.7. The Bertz CT molecular complexity index is 1460. The SMILES string of the molecule is COc1ccc(C2(c3ccc(Cl)cc3Cl)CC(CNS(=O)(=O)c3cc([N+](=O)[O-])ccc3C)=NN2)cc1. The van der Waals surface area contributed by atoms with Gasteiger partial charge in [0.15, 0.2) is 0 Å². The van der Waals surface area contributed by atoms with Gasteiger partial charge < -0.3 is 4.74 Å². The molecule has 3 aromatic rings. The van der Waals surface area contributed by atoms with Crippen LogP contribution < -0.4 is 14.9 Å². The number of hydrogen-bond donors (Lipinski definition) is 2. The molecule has 1 atom stereocenters. The van der Waals surface area contributed by atoms with Gasteiger partial charge in [0.05, 0.1) is 29.2 Å². The summed E-state index contributed by atoms with van der Waals surface area (Å²) in [7, 11) is -2.47. The predicted molar refractivity (Wildman–Crippen MR) is 138 cm³/mol. The summed E-state index contributed by atoms with van der Waals surface area (Å²) in [6.45, 7) is 1.46. The summed E-state index contributed by atoms with van der Waals surface area (Å²) in [5, 5.41) is 16.5. The number of aryl methyl sites for hydroxylation is 1. The van der Waals surface area contributed by atoms with Gasteiger partial charge in [0.2, 0.25) is 10.0 Å². The van der Waals surface area contributed by atoms with E-state index in [4.69, 9.17) is 27.9 Å². The summed E-state index contributed by atoms with van der Waals surface area (Å²) in [5.41, 5.74) is 4.43. The molecule has 188 valence electrons. The number of nitrogens with zero attached hydrogens (tertiary/aromatic N) is 2. The van der Waals surface area contributed by atoms with Gasteiger partial charge in [-0.05, 0) is 42.3 Å². The molecule has 36 heavy (non-hydrogen) atoms. The second-order valence-electron chi connectivity index (χ2n) is 8.26. The fourth-order valence-electron chi connectivity index (χ4n) is 4.10. The fourth-order valence-corrected chi connectivity index (χ4v) is 5.95. The molecule has 0 saturated carbocycles. The van der Waals surface area contributed by atoms with Crippen LogP contribution in [0.2, 0.25) is 10.0 Å². The molecular formula is C24H22Cl2N4O5S. The molecule has 1 aliphatic heterocycles. The van der Waals surface area contributed by atoms with Gasteiger partial charge in [-0.2, -0.15) is 5.10 Å². The standard InChI is InChI=1S/C24H22Cl2N4O5S/c1-15-3-7-19(30(31)32)12-23(15)36(33,34)27-14-18-13-24(29-28-18,16-4-8-20(35-2)9-5-16)21-10-6-17(25)11-22(21)26/h3-12,27,29H,13-14H2,1-2H3. The molecule has 1 unspecified atom stereocenters. The Morgan fingerprint density at radius 3 is 2.50 bits per heavy atom. The van der Waals surface area contributed by atoms with Crippen LogP contribution in [0.25, 0.3) is 0 Å². The molecule has 0 aromatic heterocycles. The van der Waals surface area contributed by atoms with E-state index in [0.29, 0.717) is 33.5 Å². The highest BCUT2D eigenvalue weighted by atomic mass is 35.5. The molecule has 3 aromatic carbocycles. The lowest BCUT2D eigenvalue weighted by Gasteiger charge is -2.31. The van der Waals surface area contributed by atoms with Crippen LogP contribution in [-0.2, 0) is 15.6 Å². The molecule has 0 spiro atoms. The van der Waals surface area contributed by atoms with Crippen molar-refractivity contribution in [2.75, 3.05) is 13.7 Å². The first kappa shape index (κ1) is 25.9. The van der Waals surface area contributed by atoms with Gasteiger partial charge in [-0.3, -0.25) is 15.5 Å². The number of benzene rings is 3. The molecule has 1 heterocycles. The van der Waals surface area contributed by atoms with Crippen LogP contribution in [0.5, 0.6) is 5.75 Å². The zero-order valence-corrected chi connectivity index (χ0v) is 21.6. The zero-order chi connectivity index (χ0) is 26.1. The lowest BCUT2D eigenvalue weighted by atomic mass is 9.80. The van der Waals surface area contributed by atoms with E-state index in [9.17, 15) is 18.5 Å². The Morgan fingerprint density at radius 2 is 1.86 bits per heavy atom. The number of sulfonamides is 1. The maximum Gasteiger partial charge on any atom is 0.270 e. The van der Waals surface area contributed by atoms with Gasteiger partial charge >= 0.3 is 0 Å². The Balaban J connectivity index is 1.62. The molecule has 0 radical (unpaired) electrons. The Morgan fingerprint density at radius 1 is 1.14 bits per heavy atom. The third-order valence-electron chi connectivity index (χ3n) is 5.99. The molecule has 2 N–H and O–H groups in total. The number of nitro groups is 1. The number of hydrogen-bond acceptors (Lipinski definition) is 7. The van der Waals surface area contributed by atoms with Crippen molar-refractivity contribution in [1.82, 2.24) is 10.1 Å². The highest BCUT2D eigenvalue weighted by Gasteiger charge is 2.41. The largest absolute Gasteiger partial charge is 0.497 e. The van der Waals surface area contributed by atoms with E-state index >= 15 is 0 Å². The molecular weight excluding hydrogens is 527 g/mol. The van der Waals surface area contributed by atoms with Crippen LogP contribution in [0, 0.1) is 17.0 Å². The maximum absolute atomic E-state index is 13.0. The first-order chi connectivity index (χ1) is 17.1. The van der Waals surface area contributed by atoms with Crippen molar-refractivity contribution < 1.29 is 18.1 Å². The van der Waals surface area contributed by atoms with Gasteiger partial charge in [0.1, 0.15) is 11.3 Å². The normalized spacial score (nSPS) is 17.4. The van der Waals surface area contributed by atoms with Gasteiger partial charge in [-0.1, -0.05) is 47.5 Å². The topological polar surface area (TPSA) is 123 Å². The summed E-state index contributed by atoms with van der Waals surface area (Å²) < 4.78 is 33.8.